The smallest absolute Gasteiger partial charge is 0.124 e. The van der Waals surface area contributed by atoms with Crippen LogP contribution in [0.2, 0.25) is 0 Å². The highest BCUT2D eigenvalue weighted by molar-refractivity contribution is 5.36. The summed E-state index contributed by atoms with van der Waals surface area (Å²) in [6.07, 6.45) is 2.37. The number of unbranched alkanes of at least 4 members (excludes halogenated alkanes) is 1. The van der Waals surface area contributed by atoms with E-state index in [2.05, 4.69) is 62.2 Å². The molecule has 0 aliphatic carbocycles. The molecule has 1 unspecified atom stereocenters. The van der Waals surface area contributed by atoms with E-state index >= 15 is 0 Å². The zero-order chi connectivity index (χ0) is 17.4. The van der Waals surface area contributed by atoms with Crippen molar-refractivity contribution in [2.45, 2.75) is 39.3 Å². The van der Waals surface area contributed by atoms with Gasteiger partial charge in [-0.25, -0.2) is 0 Å². The van der Waals surface area contributed by atoms with Crippen molar-refractivity contribution in [3.63, 3.8) is 0 Å². The van der Waals surface area contributed by atoms with Crippen LogP contribution in [0.4, 0.5) is 0 Å². The Bertz CT molecular complexity index is 609. The number of nitrogens with two attached hydrogens (primary N) is 1. The van der Waals surface area contributed by atoms with Gasteiger partial charge in [0.15, 0.2) is 0 Å². The van der Waals surface area contributed by atoms with Crippen LogP contribution < -0.4 is 10.5 Å². The molecule has 0 heterocycles. The molecule has 3 heteroatoms. The van der Waals surface area contributed by atoms with Gasteiger partial charge in [0.05, 0.1) is 6.04 Å². The number of likely N-dealkylation sites (N-methyl/N-ethyl adjacent to an activating group) is 1. The first-order valence-corrected chi connectivity index (χ1v) is 8.83. The van der Waals surface area contributed by atoms with E-state index in [9.17, 15) is 0 Å². The van der Waals surface area contributed by atoms with Gasteiger partial charge in [-0.1, -0.05) is 61.4 Å². The van der Waals surface area contributed by atoms with Crippen LogP contribution >= 0.6 is 0 Å². The third-order valence-corrected chi connectivity index (χ3v) is 4.41. The SMILES string of the molecule is CCCCN(C)C(CN)c1ccccc1OCc1ccc(C)cc1. The molecular formula is C21H30N2O. The molecule has 2 rings (SSSR count). The predicted octanol–water partition coefficient (Wildman–Crippen LogP) is 4.31. The van der Waals surface area contributed by atoms with Gasteiger partial charge >= 0.3 is 0 Å². The first-order chi connectivity index (χ1) is 11.7. The largest absolute Gasteiger partial charge is 0.489 e. The minimum Gasteiger partial charge on any atom is -0.489 e. The summed E-state index contributed by atoms with van der Waals surface area (Å²) in [4.78, 5) is 2.33. The summed E-state index contributed by atoms with van der Waals surface area (Å²) in [5.74, 6) is 0.928. The molecule has 2 aromatic carbocycles. The lowest BCUT2D eigenvalue weighted by Gasteiger charge is -2.28. The Morgan fingerprint density at radius 1 is 1.08 bits per heavy atom. The Labute approximate surface area is 146 Å². The summed E-state index contributed by atoms with van der Waals surface area (Å²) in [5.41, 5.74) is 9.69. The van der Waals surface area contributed by atoms with E-state index in [0.717, 1.165) is 12.3 Å². The average Bonchev–Trinajstić information content (AvgIpc) is 2.61. The van der Waals surface area contributed by atoms with Crippen LogP contribution in [-0.2, 0) is 6.61 Å². The molecule has 2 N–H and O–H groups in total. The number of aryl methyl sites for hydroxylation is 1. The fourth-order valence-corrected chi connectivity index (χ4v) is 2.84. The number of para-hydroxylation sites is 1. The van der Waals surface area contributed by atoms with Crippen LogP contribution in [0.15, 0.2) is 48.5 Å². The van der Waals surface area contributed by atoms with Crippen molar-refractivity contribution >= 4 is 0 Å². The van der Waals surface area contributed by atoms with Gasteiger partial charge in [-0.2, -0.15) is 0 Å². The molecule has 1 atom stereocenters. The molecule has 0 aromatic heterocycles. The fourth-order valence-electron chi connectivity index (χ4n) is 2.84. The summed E-state index contributed by atoms with van der Waals surface area (Å²) < 4.78 is 6.12. The number of nitrogens with zero attached hydrogens (tertiary/aromatic N) is 1. The molecule has 0 amide bonds. The molecule has 0 aliphatic heterocycles. The van der Waals surface area contributed by atoms with E-state index in [1.807, 2.05) is 12.1 Å². The van der Waals surface area contributed by atoms with Crippen LogP contribution in [0.25, 0.3) is 0 Å². The molecule has 3 nitrogen and oxygen atoms in total. The first kappa shape index (κ1) is 18.5. The highest BCUT2D eigenvalue weighted by atomic mass is 16.5. The van der Waals surface area contributed by atoms with Gasteiger partial charge in [-0.15, -0.1) is 0 Å². The van der Waals surface area contributed by atoms with Gasteiger partial charge in [-0.05, 0) is 38.6 Å². The van der Waals surface area contributed by atoms with Crippen LogP contribution in [0, 0.1) is 6.92 Å². The molecule has 0 saturated carbocycles. The van der Waals surface area contributed by atoms with Crippen molar-refractivity contribution in [2.24, 2.45) is 5.73 Å². The Hall–Kier alpha value is -1.84. The number of ether oxygens (including phenoxy) is 1. The maximum absolute atomic E-state index is 6.12. The quantitative estimate of drug-likeness (QED) is 0.746. The topological polar surface area (TPSA) is 38.5 Å². The lowest BCUT2D eigenvalue weighted by molar-refractivity contribution is 0.233. The third-order valence-electron chi connectivity index (χ3n) is 4.41. The Balaban J connectivity index is 2.11. The second-order valence-electron chi connectivity index (χ2n) is 6.40. The number of hydrogen-bond donors (Lipinski definition) is 1. The second kappa shape index (κ2) is 9.45. The Morgan fingerprint density at radius 2 is 1.79 bits per heavy atom. The molecule has 0 bridgehead atoms. The molecule has 0 saturated heterocycles. The van der Waals surface area contributed by atoms with E-state index in [1.165, 1.54) is 29.5 Å². The normalized spacial score (nSPS) is 12.4. The summed E-state index contributed by atoms with van der Waals surface area (Å²) in [6, 6.07) is 16.9. The van der Waals surface area contributed by atoms with Gasteiger partial charge in [0.1, 0.15) is 12.4 Å². The zero-order valence-electron chi connectivity index (χ0n) is 15.2. The zero-order valence-corrected chi connectivity index (χ0v) is 15.2. The van der Waals surface area contributed by atoms with E-state index in [1.54, 1.807) is 0 Å². The lowest BCUT2D eigenvalue weighted by atomic mass is 10.0. The average molecular weight is 326 g/mol. The molecular weight excluding hydrogens is 296 g/mol. The molecule has 0 fully saturated rings. The van der Waals surface area contributed by atoms with Crippen LogP contribution in [0.3, 0.4) is 0 Å². The maximum Gasteiger partial charge on any atom is 0.124 e. The van der Waals surface area contributed by atoms with Gasteiger partial charge in [0.2, 0.25) is 0 Å². The minimum absolute atomic E-state index is 0.186. The standard InChI is InChI=1S/C21H30N2O/c1-4-5-14-23(3)20(15-22)19-8-6-7-9-21(19)24-16-18-12-10-17(2)11-13-18/h6-13,20H,4-5,14-16,22H2,1-3H3. The van der Waals surface area contributed by atoms with E-state index in [0.29, 0.717) is 13.2 Å². The predicted molar refractivity (Wildman–Crippen MR) is 101 cm³/mol. The Kier molecular flexibility index (Phi) is 7.29. The van der Waals surface area contributed by atoms with Gasteiger partial charge in [0.25, 0.3) is 0 Å². The van der Waals surface area contributed by atoms with Gasteiger partial charge in [0, 0.05) is 12.1 Å². The summed E-state index contributed by atoms with van der Waals surface area (Å²) in [5, 5.41) is 0. The van der Waals surface area contributed by atoms with Gasteiger partial charge in [-0.3, -0.25) is 4.90 Å². The van der Waals surface area contributed by atoms with Crippen molar-refractivity contribution in [1.29, 1.82) is 0 Å². The van der Waals surface area contributed by atoms with E-state index in [4.69, 9.17) is 10.5 Å². The monoisotopic (exact) mass is 326 g/mol. The highest BCUT2D eigenvalue weighted by Crippen LogP contribution is 2.29. The second-order valence-corrected chi connectivity index (χ2v) is 6.40. The van der Waals surface area contributed by atoms with Crippen molar-refractivity contribution < 1.29 is 4.74 Å². The first-order valence-electron chi connectivity index (χ1n) is 8.83. The summed E-state index contributed by atoms with van der Waals surface area (Å²) in [6.45, 7) is 6.52. The minimum atomic E-state index is 0.186. The van der Waals surface area contributed by atoms with Crippen molar-refractivity contribution in [2.75, 3.05) is 20.1 Å². The summed E-state index contributed by atoms with van der Waals surface area (Å²) in [7, 11) is 2.14. The van der Waals surface area contributed by atoms with Gasteiger partial charge < -0.3 is 10.5 Å². The molecule has 0 spiro atoms. The molecule has 24 heavy (non-hydrogen) atoms. The molecule has 2 aromatic rings. The fraction of sp³-hybridized carbons (Fsp3) is 0.429. The van der Waals surface area contributed by atoms with Crippen molar-refractivity contribution in [3.05, 3.63) is 65.2 Å². The number of rotatable bonds is 9. The van der Waals surface area contributed by atoms with Crippen LogP contribution in [0.1, 0.15) is 42.5 Å². The third kappa shape index (κ3) is 5.08. The molecule has 130 valence electrons. The number of benzene rings is 2. The molecule has 0 radical (unpaired) electrons. The van der Waals surface area contributed by atoms with E-state index in [-0.39, 0.29) is 6.04 Å². The lowest BCUT2D eigenvalue weighted by Crippen LogP contribution is -2.31. The maximum atomic E-state index is 6.12. The molecule has 0 aliphatic rings. The summed E-state index contributed by atoms with van der Waals surface area (Å²) >= 11 is 0. The highest BCUT2D eigenvalue weighted by Gasteiger charge is 2.19. The number of hydrogen-bond acceptors (Lipinski definition) is 3. The Morgan fingerprint density at radius 3 is 2.46 bits per heavy atom. The van der Waals surface area contributed by atoms with Crippen molar-refractivity contribution in [3.8, 4) is 5.75 Å². The van der Waals surface area contributed by atoms with Crippen LogP contribution in [-0.4, -0.2) is 25.0 Å². The van der Waals surface area contributed by atoms with Crippen molar-refractivity contribution in [1.82, 2.24) is 4.90 Å². The van der Waals surface area contributed by atoms with E-state index < -0.39 is 0 Å². The van der Waals surface area contributed by atoms with Crippen LogP contribution in [0.5, 0.6) is 5.75 Å².